The number of methoxy groups -OCH3 is 1. The third-order valence-electron chi connectivity index (χ3n) is 16.8. The summed E-state index contributed by atoms with van der Waals surface area (Å²) < 4.78 is 42.5. The number of aromatic nitrogens is 5. The van der Waals surface area contributed by atoms with Crippen LogP contribution in [-0.2, 0) is 16.6 Å². The van der Waals surface area contributed by atoms with Gasteiger partial charge in [-0.3, -0.25) is 24.7 Å². The Labute approximate surface area is 448 Å². The average molecular weight is 1070 g/mol. The Bertz CT molecular complexity index is 3410. The zero-order valence-electron chi connectivity index (χ0n) is 44.0. The van der Waals surface area contributed by atoms with Crippen molar-refractivity contribution in [3.8, 4) is 17.2 Å². The molecule has 1 spiro atoms. The summed E-state index contributed by atoms with van der Waals surface area (Å²) in [5, 5.41) is 26.9. The number of piperidine rings is 1. The van der Waals surface area contributed by atoms with Gasteiger partial charge >= 0.3 is 0 Å². The average Bonchev–Trinajstić information content (AvgIpc) is 4.19. The number of nitrogens with zero attached hydrogens (tertiary/aromatic N) is 7. The van der Waals surface area contributed by atoms with Crippen molar-refractivity contribution in [2.24, 2.45) is 11.3 Å². The number of nitro groups is 1. The number of H-pyrrole nitrogens is 2. The number of fused-ring (bicyclic) bond motifs is 2. The van der Waals surface area contributed by atoms with Crippen molar-refractivity contribution in [3.63, 3.8) is 0 Å². The van der Waals surface area contributed by atoms with Crippen molar-refractivity contribution in [1.29, 1.82) is 0 Å². The third kappa shape index (κ3) is 10.8. The lowest BCUT2D eigenvalue weighted by Gasteiger charge is -2.58. The Hall–Kier alpha value is -7.13. The molecule has 1 amide bonds. The highest BCUT2D eigenvalue weighted by Crippen LogP contribution is 2.53. The van der Waals surface area contributed by atoms with Gasteiger partial charge in [-0.05, 0) is 116 Å². The number of amides is 1. The molecule has 3 aromatic carbocycles. The zero-order valence-corrected chi connectivity index (χ0v) is 44.8. The zero-order chi connectivity index (χ0) is 53.6. The van der Waals surface area contributed by atoms with E-state index in [-0.39, 0.29) is 45.4 Å². The summed E-state index contributed by atoms with van der Waals surface area (Å²) in [5.41, 5.74) is 3.62. The van der Waals surface area contributed by atoms with Crippen molar-refractivity contribution >= 4 is 55.2 Å². The monoisotopic (exact) mass is 1070 g/mol. The standard InChI is InChI=1S/C57H67N11O8S/c1-36(2)43-7-5-6-8-44(43)47-34-65(33-38-9-11-41(75-4)12-10-38)23-24-67(47)40-28-57(29-40)18-21-66(22-19-57)50-27-48(76-42-25-39-15-20-58-54(39)61-31-42)45(32-59-50)55(69)64-77(73,74)49-26-46(68(71)72)51(53-52(49)62-35-63-53)60-30-37-13-16-56(3,70)17-14-37/h5-12,15,20,25-27,31-32,35-37,40,47,60,70H,13-14,16-19,21-24,28-30,33-34H2,1-4H3,(H,58,61)(H,62,63)(H,64,69). The first-order chi connectivity index (χ1) is 37.0. The highest BCUT2D eigenvalue weighted by molar-refractivity contribution is 7.90. The molecule has 20 heteroatoms. The minimum Gasteiger partial charge on any atom is -0.497 e. The number of pyridine rings is 2. The highest BCUT2D eigenvalue weighted by Gasteiger charge is 2.50. The minimum atomic E-state index is -4.79. The number of nitro benzene ring substituents is 1. The second-order valence-corrected chi connectivity index (χ2v) is 24.0. The van der Waals surface area contributed by atoms with Gasteiger partial charge < -0.3 is 34.8 Å². The number of ether oxygens (including phenoxy) is 2. The van der Waals surface area contributed by atoms with Crippen LogP contribution in [-0.4, -0.2) is 117 Å². The van der Waals surface area contributed by atoms with E-state index in [1.807, 2.05) is 18.2 Å². The molecule has 0 bridgehead atoms. The number of anilines is 2. The summed E-state index contributed by atoms with van der Waals surface area (Å²) in [6.07, 6.45) is 12.6. The van der Waals surface area contributed by atoms with E-state index in [2.05, 4.69) is 94.9 Å². The third-order valence-corrected chi connectivity index (χ3v) is 18.2. The van der Waals surface area contributed by atoms with Crippen LogP contribution in [0.3, 0.4) is 0 Å². The maximum atomic E-state index is 14.3. The van der Waals surface area contributed by atoms with Crippen molar-refractivity contribution in [2.45, 2.75) is 107 Å². The molecular weight excluding hydrogens is 999 g/mol. The Balaban J connectivity index is 0.804. The summed E-state index contributed by atoms with van der Waals surface area (Å²) in [4.78, 5) is 52.6. The van der Waals surface area contributed by atoms with Crippen LogP contribution in [0.25, 0.3) is 22.1 Å². The molecule has 2 saturated heterocycles. The smallest absolute Gasteiger partial charge is 0.296 e. The number of carbonyl (C=O) groups excluding carboxylic acids is 1. The highest BCUT2D eigenvalue weighted by atomic mass is 32.2. The lowest BCUT2D eigenvalue weighted by molar-refractivity contribution is -0.384. The molecule has 4 aromatic heterocycles. The van der Waals surface area contributed by atoms with Crippen molar-refractivity contribution in [2.75, 3.05) is 56.6 Å². The van der Waals surface area contributed by atoms with Crippen LogP contribution >= 0.6 is 0 Å². The van der Waals surface area contributed by atoms with Crippen molar-refractivity contribution in [1.82, 2.24) is 39.4 Å². The predicted molar refractivity (Wildman–Crippen MR) is 294 cm³/mol. The second kappa shape index (κ2) is 21.0. The number of aromatic amines is 2. The van der Waals surface area contributed by atoms with Crippen molar-refractivity contribution in [3.05, 3.63) is 130 Å². The summed E-state index contributed by atoms with van der Waals surface area (Å²) in [7, 11) is -3.10. The molecule has 1 atom stereocenters. The molecule has 2 aliphatic heterocycles. The van der Waals surface area contributed by atoms with Crippen LogP contribution < -0.4 is 24.4 Å². The molecule has 4 fully saturated rings. The number of nitrogens with one attached hydrogen (secondary N) is 4. The topological polar surface area (TPSA) is 237 Å². The molecule has 0 radical (unpaired) electrons. The van der Waals surface area contributed by atoms with E-state index in [0.29, 0.717) is 48.6 Å². The van der Waals surface area contributed by atoms with E-state index in [1.54, 1.807) is 32.4 Å². The van der Waals surface area contributed by atoms with Gasteiger partial charge in [-0.15, -0.1) is 0 Å². The molecule has 2 aliphatic carbocycles. The second-order valence-electron chi connectivity index (χ2n) is 22.3. The lowest BCUT2D eigenvalue weighted by atomic mass is 9.59. The van der Waals surface area contributed by atoms with Crippen LogP contribution in [0.1, 0.15) is 111 Å². The molecule has 6 heterocycles. The molecule has 5 N–H and O–H groups in total. The Kier molecular flexibility index (Phi) is 14.2. The SMILES string of the molecule is COc1ccc(CN2CCN(C3CC4(CCN(c5cc(Oc6cnc7[nH]ccc7c6)c(C(=O)NS(=O)(=O)c6cc([N+](=O)[O-])c(NCC7CCC(C)(O)CC7)c7[nH]cnc67)cn5)CC4)C3)C(c3ccccc3C(C)C)C2)cc1. The molecule has 7 aromatic rings. The van der Waals surface area contributed by atoms with Gasteiger partial charge in [0.25, 0.3) is 21.6 Å². The summed E-state index contributed by atoms with van der Waals surface area (Å²) >= 11 is 0. The number of aliphatic hydroxyl groups is 1. The normalized spacial score (nSPS) is 21.4. The van der Waals surface area contributed by atoms with E-state index >= 15 is 0 Å². The van der Waals surface area contributed by atoms with Crippen LogP contribution in [0.15, 0.2) is 103 Å². The van der Waals surface area contributed by atoms with Gasteiger partial charge in [-0.1, -0.05) is 50.2 Å². The summed E-state index contributed by atoms with van der Waals surface area (Å²) in [5.74, 6) is 1.30. The predicted octanol–water partition coefficient (Wildman–Crippen LogP) is 9.45. The minimum absolute atomic E-state index is 0.0573. The number of sulfonamides is 1. The number of benzene rings is 3. The van der Waals surface area contributed by atoms with E-state index in [4.69, 9.17) is 14.5 Å². The van der Waals surface area contributed by atoms with Gasteiger partial charge in [0.15, 0.2) is 0 Å². The van der Waals surface area contributed by atoms with Gasteiger partial charge in [0.1, 0.15) is 50.4 Å². The molecule has 2 saturated carbocycles. The number of piperazine rings is 1. The fourth-order valence-corrected chi connectivity index (χ4v) is 13.5. The maximum absolute atomic E-state index is 14.3. The fourth-order valence-electron chi connectivity index (χ4n) is 12.4. The summed E-state index contributed by atoms with van der Waals surface area (Å²) in [6.45, 7) is 12.0. The number of carbonyl (C=O) groups is 1. The maximum Gasteiger partial charge on any atom is 0.296 e. The van der Waals surface area contributed by atoms with Crippen molar-refractivity contribution < 1.29 is 32.7 Å². The quantitative estimate of drug-likeness (QED) is 0.0448. The molecular formula is C57H67N11O8S. The number of rotatable bonds is 16. The number of hydrogen-bond donors (Lipinski definition) is 5. The molecule has 4 aliphatic rings. The van der Waals surface area contributed by atoms with Gasteiger partial charge in [-0.2, -0.15) is 0 Å². The van der Waals surface area contributed by atoms with E-state index in [9.17, 15) is 28.4 Å². The van der Waals surface area contributed by atoms with Crippen LogP contribution in [0.2, 0.25) is 0 Å². The number of hydrogen-bond acceptors (Lipinski definition) is 15. The van der Waals surface area contributed by atoms with E-state index in [0.717, 1.165) is 95.0 Å². The molecule has 404 valence electrons. The van der Waals surface area contributed by atoms with Gasteiger partial charge in [0.2, 0.25) is 0 Å². The molecule has 77 heavy (non-hydrogen) atoms. The van der Waals surface area contributed by atoms with Crippen LogP contribution in [0.4, 0.5) is 17.2 Å². The lowest BCUT2D eigenvalue weighted by Crippen LogP contribution is -2.60. The van der Waals surface area contributed by atoms with E-state index in [1.165, 1.54) is 35.4 Å². The first-order valence-corrected chi connectivity index (χ1v) is 28.3. The van der Waals surface area contributed by atoms with Gasteiger partial charge in [0, 0.05) is 87.8 Å². The fraction of sp³-hybridized carbons (Fsp3) is 0.439. The van der Waals surface area contributed by atoms with E-state index < -0.39 is 37.0 Å². The largest absolute Gasteiger partial charge is 0.497 e. The Morgan fingerprint density at radius 2 is 1.70 bits per heavy atom. The van der Waals surface area contributed by atoms with Crippen LogP contribution in [0, 0.1) is 21.4 Å². The first kappa shape index (κ1) is 51.9. The van der Waals surface area contributed by atoms with Crippen LogP contribution in [0.5, 0.6) is 17.2 Å². The molecule has 11 rings (SSSR count). The molecule has 19 nitrogen and oxygen atoms in total. The first-order valence-electron chi connectivity index (χ1n) is 26.8. The summed E-state index contributed by atoms with van der Waals surface area (Å²) in [6, 6.07) is 24.3. The Morgan fingerprint density at radius 3 is 2.44 bits per heavy atom. The Morgan fingerprint density at radius 1 is 0.935 bits per heavy atom. The van der Waals surface area contributed by atoms with Gasteiger partial charge in [-0.25, -0.2) is 28.1 Å². The molecule has 1 unspecified atom stereocenters. The number of imidazole rings is 1. The van der Waals surface area contributed by atoms with Gasteiger partial charge in [0.05, 0.1) is 35.7 Å².